The fourth-order valence-electron chi connectivity index (χ4n) is 12.7. The van der Waals surface area contributed by atoms with E-state index in [4.69, 9.17) is 18.5 Å². The number of rotatable bonds is 79. The fraction of sp³-hybridized carbons (Fsp3) is 0.860. The van der Waals surface area contributed by atoms with E-state index in [1.165, 1.54) is 334 Å². The Hall–Kier alpha value is -2.29. The highest BCUT2D eigenvalue weighted by molar-refractivity contribution is 7.45. The van der Waals surface area contributed by atoms with Crippen molar-refractivity contribution in [1.29, 1.82) is 0 Å². The molecule has 0 saturated heterocycles. The summed E-state index contributed by atoms with van der Waals surface area (Å²) in [5, 5.41) is 0. The third-order valence-electron chi connectivity index (χ3n) is 19.0. The molecule has 0 aliphatic carbocycles. The predicted octanol–water partition coefficient (Wildman–Crippen LogP) is 27.4. The fourth-order valence-corrected chi connectivity index (χ4v) is 13.4. The van der Waals surface area contributed by atoms with E-state index >= 15 is 0 Å². The molecule has 0 spiro atoms. The van der Waals surface area contributed by atoms with Crippen molar-refractivity contribution in [2.75, 3.05) is 47.5 Å². The van der Waals surface area contributed by atoms with Crippen LogP contribution in [0.1, 0.15) is 425 Å². The van der Waals surface area contributed by atoms with Crippen LogP contribution in [0.25, 0.3) is 0 Å². The van der Waals surface area contributed by atoms with Crippen LogP contribution in [0.2, 0.25) is 0 Å². The van der Waals surface area contributed by atoms with Crippen LogP contribution in [0, 0.1) is 0 Å². The second kappa shape index (κ2) is 76.9. The zero-order valence-electron chi connectivity index (χ0n) is 64.6. The molecule has 0 heterocycles. The first-order valence-corrected chi connectivity index (χ1v) is 43.5. The maximum absolute atomic E-state index is 12.9. The van der Waals surface area contributed by atoms with Gasteiger partial charge in [0.1, 0.15) is 19.8 Å². The number of allylic oxidation sites excluding steroid dienone is 10. The number of carbonyl (C=O) groups is 2. The molecule has 9 nitrogen and oxygen atoms in total. The molecule has 2 unspecified atom stereocenters. The summed E-state index contributed by atoms with van der Waals surface area (Å²) in [7, 11) is 1.19. The largest absolute Gasteiger partial charge is 0.756 e. The Bertz CT molecular complexity index is 1800. The predicted molar refractivity (Wildman–Crippen MR) is 416 cm³/mol. The summed E-state index contributed by atoms with van der Waals surface area (Å²) in [6.07, 6.45) is 104. The lowest BCUT2D eigenvalue weighted by atomic mass is 10.0. The van der Waals surface area contributed by atoms with E-state index in [1.807, 2.05) is 21.1 Å². The van der Waals surface area contributed by atoms with Gasteiger partial charge in [-0.15, -0.1) is 0 Å². The Morgan fingerprint density at radius 3 is 0.896 bits per heavy atom. The van der Waals surface area contributed by atoms with Crippen molar-refractivity contribution in [3.8, 4) is 0 Å². The zero-order chi connectivity index (χ0) is 69.7. The number of phosphoric ester groups is 1. The molecule has 0 N–H and O–H groups in total. The van der Waals surface area contributed by atoms with Crippen LogP contribution in [0.3, 0.4) is 0 Å². The normalized spacial score (nSPS) is 13.3. The van der Waals surface area contributed by atoms with Crippen molar-refractivity contribution in [2.45, 2.75) is 431 Å². The number of esters is 2. The van der Waals surface area contributed by atoms with Crippen LogP contribution in [0.4, 0.5) is 0 Å². The highest BCUT2D eigenvalue weighted by Crippen LogP contribution is 2.38. The highest BCUT2D eigenvalue weighted by Gasteiger charge is 2.22. The van der Waals surface area contributed by atoms with Gasteiger partial charge in [0.25, 0.3) is 7.82 Å². The summed E-state index contributed by atoms with van der Waals surface area (Å²) in [4.78, 5) is 38.2. The van der Waals surface area contributed by atoms with Crippen LogP contribution in [-0.2, 0) is 32.7 Å². The minimum Gasteiger partial charge on any atom is -0.756 e. The molecule has 0 bridgehead atoms. The Labute approximate surface area is 597 Å². The van der Waals surface area contributed by atoms with E-state index < -0.39 is 26.5 Å². The number of unbranched alkanes of at least 4 members (excludes halogenated alkanes) is 55. The number of quaternary nitrogens is 1. The van der Waals surface area contributed by atoms with Gasteiger partial charge >= 0.3 is 11.9 Å². The number of ether oxygens (including phenoxy) is 2. The minimum atomic E-state index is -4.64. The average Bonchev–Trinajstić information content (AvgIpc) is 2.74. The van der Waals surface area contributed by atoms with Gasteiger partial charge in [-0.2, -0.15) is 0 Å². The van der Waals surface area contributed by atoms with Crippen molar-refractivity contribution < 1.29 is 42.1 Å². The summed E-state index contributed by atoms with van der Waals surface area (Å²) in [6.45, 7) is 4.20. The van der Waals surface area contributed by atoms with Gasteiger partial charge in [0.15, 0.2) is 6.10 Å². The van der Waals surface area contributed by atoms with Crippen LogP contribution >= 0.6 is 7.82 Å². The van der Waals surface area contributed by atoms with Gasteiger partial charge in [-0.25, -0.2) is 0 Å². The SMILES string of the molecule is CC/C=C\C/C=C\C/C=C\C/C=C\CCCCCCCCCCCCCCCCCCCCCCCCC(=O)OC(COC(=O)CCCCCCCCCCCCCCCCCCCCCCCCCCC/C=C\CCCCCCCCCC)COP(=O)([O-])OCC[N+](C)(C)C. The first-order chi connectivity index (χ1) is 47.0. The Morgan fingerprint density at radius 1 is 0.333 bits per heavy atom. The third kappa shape index (κ3) is 80.7. The molecule has 96 heavy (non-hydrogen) atoms. The zero-order valence-corrected chi connectivity index (χ0v) is 65.5. The molecular formula is C86H162NO8P. The lowest BCUT2D eigenvalue weighted by molar-refractivity contribution is -0.870. The van der Waals surface area contributed by atoms with E-state index in [1.54, 1.807) is 0 Å². The number of carbonyl (C=O) groups excluding carboxylic acids is 2. The summed E-state index contributed by atoms with van der Waals surface area (Å²) in [5.74, 6) is -0.808. The topological polar surface area (TPSA) is 111 Å². The molecule has 0 saturated carbocycles. The molecule has 564 valence electrons. The van der Waals surface area contributed by atoms with E-state index in [9.17, 15) is 19.0 Å². The van der Waals surface area contributed by atoms with Crippen LogP contribution in [-0.4, -0.2) is 70.0 Å². The monoisotopic (exact) mass is 1370 g/mol. The standard InChI is InChI=1S/C86H162NO8P/c1-6-8-10-12-14-16-18-20-22-24-26-28-30-32-34-36-38-40-42-43-45-46-48-50-52-54-56-58-60-62-64-66-68-70-72-74-76-78-85(88)92-82-84(83-94-96(90,91)93-81-80-87(3,4)5)95-86(89)79-77-75-73-71-69-67-65-63-61-59-57-55-53-51-49-47-44-41-39-37-35-33-31-29-27-25-23-21-19-17-15-13-11-9-7-2/h9,11,15,17,21,23-24,26-27,29,84H,6-8,10,12-14,16,18-20,22,25,28,30-83H2,1-5H3/b11-9-,17-15-,23-21-,26-24-,29-27-. The molecule has 0 amide bonds. The summed E-state index contributed by atoms with van der Waals surface area (Å²) in [5.41, 5.74) is 0. The van der Waals surface area contributed by atoms with E-state index in [2.05, 4.69) is 74.6 Å². The van der Waals surface area contributed by atoms with Crippen molar-refractivity contribution in [3.63, 3.8) is 0 Å². The van der Waals surface area contributed by atoms with E-state index in [0.29, 0.717) is 17.4 Å². The van der Waals surface area contributed by atoms with E-state index in [-0.39, 0.29) is 32.0 Å². The molecule has 0 radical (unpaired) electrons. The van der Waals surface area contributed by atoms with Gasteiger partial charge in [-0.3, -0.25) is 14.2 Å². The number of hydrogen-bond acceptors (Lipinski definition) is 8. The van der Waals surface area contributed by atoms with Gasteiger partial charge in [-0.1, -0.05) is 396 Å². The van der Waals surface area contributed by atoms with Crippen molar-refractivity contribution in [3.05, 3.63) is 60.8 Å². The number of likely N-dealkylation sites (N-methyl/N-ethyl adjacent to an activating group) is 1. The first-order valence-electron chi connectivity index (χ1n) is 42.0. The molecule has 0 aromatic heterocycles. The summed E-state index contributed by atoms with van der Waals surface area (Å²) in [6, 6.07) is 0. The van der Waals surface area contributed by atoms with Gasteiger partial charge in [0, 0.05) is 12.8 Å². The molecular weight excluding hydrogens is 1210 g/mol. The number of hydrogen-bond donors (Lipinski definition) is 0. The second-order valence-corrected chi connectivity index (χ2v) is 31.2. The maximum Gasteiger partial charge on any atom is 0.306 e. The smallest absolute Gasteiger partial charge is 0.306 e. The number of phosphoric acid groups is 1. The van der Waals surface area contributed by atoms with Crippen LogP contribution in [0.5, 0.6) is 0 Å². The highest BCUT2D eigenvalue weighted by atomic mass is 31.2. The third-order valence-corrected chi connectivity index (χ3v) is 20.0. The molecule has 0 fully saturated rings. The minimum absolute atomic E-state index is 0.0281. The first kappa shape index (κ1) is 93.7. The molecule has 2 atom stereocenters. The summed E-state index contributed by atoms with van der Waals surface area (Å²) < 4.78 is 34.5. The quantitative estimate of drug-likeness (QED) is 0.0195. The second-order valence-electron chi connectivity index (χ2n) is 29.8. The average molecular weight is 1370 g/mol. The molecule has 0 aromatic carbocycles. The summed E-state index contributed by atoms with van der Waals surface area (Å²) >= 11 is 0. The lowest BCUT2D eigenvalue weighted by Crippen LogP contribution is -2.37. The van der Waals surface area contributed by atoms with Gasteiger partial charge < -0.3 is 27.9 Å². The molecule has 10 heteroatoms. The Morgan fingerprint density at radius 2 is 0.594 bits per heavy atom. The van der Waals surface area contributed by atoms with Crippen LogP contribution in [0.15, 0.2) is 60.8 Å². The Balaban J connectivity index is 3.88. The van der Waals surface area contributed by atoms with Gasteiger partial charge in [0.05, 0.1) is 27.7 Å². The lowest BCUT2D eigenvalue weighted by Gasteiger charge is -2.28. The van der Waals surface area contributed by atoms with E-state index in [0.717, 1.165) is 57.8 Å². The molecule has 0 aliphatic rings. The maximum atomic E-state index is 12.9. The Kier molecular flexibility index (Phi) is 75.0. The van der Waals surface area contributed by atoms with Gasteiger partial charge in [0.2, 0.25) is 0 Å². The van der Waals surface area contributed by atoms with Crippen molar-refractivity contribution >= 4 is 19.8 Å². The van der Waals surface area contributed by atoms with Crippen molar-refractivity contribution in [1.82, 2.24) is 0 Å². The molecule has 0 aromatic rings. The van der Waals surface area contributed by atoms with Crippen LogP contribution < -0.4 is 4.89 Å². The number of nitrogens with zero attached hydrogens (tertiary/aromatic N) is 1. The molecule has 0 aliphatic heterocycles. The molecule has 0 rings (SSSR count). The van der Waals surface area contributed by atoms with Crippen molar-refractivity contribution in [2.24, 2.45) is 0 Å². The van der Waals surface area contributed by atoms with Gasteiger partial charge in [-0.05, 0) is 77.0 Å².